The van der Waals surface area contributed by atoms with Gasteiger partial charge >= 0.3 is 5.97 Å². The van der Waals surface area contributed by atoms with E-state index in [1.165, 1.54) is 6.07 Å². The van der Waals surface area contributed by atoms with Gasteiger partial charge in [0.25, 0.3) is 5.69 Å². The first-order valence-electron chi connectivity index (χ1n) is 12.6. The fourth-order valence-electron chi connectivity index (χ4n) is 4.29. The van der Waals surface area contributed by atoms with Gasteiger partial charge in [-0.25, -0.2) is 4.79 Å². The third kappa shape index (κ3) is 7.13. The van der Waals surface area contributed by atoms with Crippen LogP contribution >= 0.6 is 0 Å². The highest BCUT2D eigenvalue weighted by Crippen LogP contribution is 2.31. The highest BCUT2D eigenvalue weighted by molar-refractivity contribution is 5.72. The lowest BCUT2D eigenvalue weighted by Gasteiger charge is -2.27. The summed E-state index contributed by atoms with van der Waals surface area (Å²) in [4.78, 5) is 24.6. The van der Waals surface area contributed by atoms with Crippen molar-refractivity contribution in [3.8, 4) is 17.2 Å². The molecule has 8 heteroatoms. The van der Waals surface area contributed by atoms with Crippen LogP contribution in [0, 0.1) is 17.0 Å². The van der Waals surface area contributed by atoms with E-state index in [4.69, 9.17) is 9.47 Å². The van der Waals surface area contributed by atoms with Crippen molar-refractivity contribution in [2.24, 2.45) is 0 Å². The van der Waals surface area contributed by atoms with Crippen LogP contribution in [0.1, 0.15) is 30.0 Å². The van der Waals surface area contributed by atoms with Crippen molar-refractivity contribution in [3.05, 3.63) is 124 Å². The smallest absolute Gasteiger partial charge is 0.344 e. The Morgan fingerprint density at radius 3 is 2.15 bits per heavy atom. The maximum absolute atomic E-state index is 11.6. The number of nitro benzene ring substituents is 1. The second kappa shape index (κ2) is 12.6. The number of rotatable bonds is 12. The van der Waals surface area contributed by atoms with Crippen molar-refractivity contribution in [3.63, 3.8) is 0 Å². The van der Waals surface area contributed by atoms with Gasteiger partial charge in [0.15, 0.2) is 6.10 Å². The SMILES string of the molecule is CCC(Oc1cccc(Oc2ccc(CN(Cc3ccccc3)c3cccc([N+](=O)[O-])c3C)cc2)c1)C(=O)O. The summed E-state index contributed by atoms with van der Waals surface area (Å²) in [6.45, 7) is 4.65. The average Bonchev–Trinajstić information content (AvgIpc) is 2.93. The number of hydrogen-bond donors (Lipinski definition) is 1. The maximum Gasteiger partial charge on any atom is 0.344 e. The van der Waals surface area contributed by atoms with Crippen molar-refractivity contribution >= 4 is 17.3 Å². The first-order valence-corrected chi connectivity index (χ1v) is 12.6. The molecule has 0 spiro atoms. The second-order valence-electron chi connectivity index (χ2n) is 9.09. The number of carboxylic acid groups (broad SMARTS) is 1. The van der Waals surface area contributed by atoms with Gasteiger partial charge in [0.2, 0.25) is 0 Å². The molecule has 0 aliphatic carbocycles. The van der Waals surface area contributed by atoms with Gasteiger partial charge in [0.1, 0.15) is 17.2 Å². The highest BCUT2D eigenvalue weighted by Gasteiger charge is 2.19. The molecule has 0 fully saturated rings. The molecule has 1 N–H and O–H groups in total. The lowest BCUT2D eigenvalue weighted by Crippen LogP contribution is -2.25. The second-order valence-corrected chi connectivity index (χ2v) is 9.09. The molecule has 4 aromatic rings. The van der Waals surface area contributed by atoms with Gasteiger partial charge in [-0.15, -0.1) is 0 Å². The molecule has 4 rings (SSSR count). The molecule has 0 bridgehead atoms. The summed E-state index contributed by atoms with van der Waals surface area (Å²) in [6.07, 6.45) is -0.577. The molecule has 4 aromatic carbocycles. The van der Waals surface area contributed by atoms with Crippen molar-refractivity contribution in [1.82, 2.24) is 0 Å². The Morgan fingerprint density at radius 1 is 0.872 bits per heavy atom. The summed E-state index contributed by atoms with van der Waals surface area (Å²) in [5, 5.41) is 20.8. The summed E-state index contributed by atoms with van der Waals surface area (Å²) < 4.78 is 11.5. The molecule has 200 valence electrons. The zero-order valence-electron chi connectivity index (χ0n) is 21.8. The monoisotopic (exact) mass is 526 g/mol. The first kappa shape index (κ1) is 27.2. The molecular weight excluding hydrogens is 496 g/mol. The summed E-state index contributed by atoms with van der Waals surface area (Å²) in [5.74, 6) is 0.545. The van der Waals surface area contributed by atoms with Gasteiger partial charge in [-0.3, -0.25) is 10.1 Å². The van der Waals surface area contributed by atoms with Crippen LogP contribution in [0.4, 0.5) is 11.4 Å². The van der Waals surface area contributed by atoms with Crippen molar-refractivity contribution < 1.29 is 24.3 Å². The fraction of sp³-hybridized carbons (Fsp3) is 0.194. The number of nitro groups is 1. The molecule has 1 atom stereocenters. The molecule has 0 heterocycles. The number of carboxylic acids is 1. The Bertz CT molecular complexity index is 1420. The molecule has 0 aromatic heterocycles. The molecule has 0 aliphatic heterocycles. The van der Waals surface area contributed by atoms with E-state index >= 15 is 0 Å². The topological polar surface area (TPSA) is 102 Å². The van der Waals surface area contributed by atoms with E-state index in [-0.39, 0.29) is 10.6 Å². The molecule has 39 heavy (non-hydrogen) atoms. The first-order chi connectivity index (χ1) is 18.8. The van der Waals surface area contributed by atoms with Gasteiger partial charge in [0, 0.05) is 30.9 Å². The van der Waals surface area contributed by atoms with E-state index < -0.39 is 12.1 Å². The Hall–Kier alpha value is -4.85. The van der Waals surface area contributed by atoms with E-state index in [9.17, 15) is 20.0 Å². The van der Waals surface area contributed by atoms with Crippen LogP contribution in [0.2, 0.25) is 0 Å². The summed E-state index contributed by atoms with van der Waals surface area (Å²) >= 11 is 0. The highest BCUT2D eigenvalue weighted by atomic mass is 16.6. The van der Waals surface area contributed by atoms with Crippen LogP contribution in [0.3, 0.4) is 0 Å². The van der Waals surface area contributed by atoms with Crippen LogP contribution in [-0.2, 0) is 17.9 Å². The van der Waals surface area contributed by atoms with E-state index in [0.717, 1.165) is 16.8 Å². The minimum absolute atomic E-state index is 0.0918. The third-order valence-corrected chi connectivity index (χ3v) is 6.29. The van der Waals surface area contributed by atoms with Crippen LogP contribution < -0.4 is 14.4 Å². The van der Waals surface area contributed by atoms with Crippen molar-refractivity contribution in [2.75, 3.05) is 4.90 Å². The van der Waals surface area contributed by atoms with Gasteiger partial charge in [0.05, 0.1) is 10.5 Å². The lowest BCUT2D eigenvalue weighted by atomic mass is 10.1. The van der Waals surface area contributed by atoms with Gasteiger partial charge < -0.3 is 19.5 Å². The molecular formula is C31H30N2O6. The molecule has 8 nitrogen and oxygen atoms in total. The summed E-state index contributed by atoms with van der Waals surface area (Å²) in [6, 6.07) is 29.6. The quantitative estimate of drug-likeness (QED) is 0.155. The predicted octanol–water partition coefficient (Wildman–Crippen LogP) is 7.14. The number of aliphatic carboxylic acids is 1. The Kier molecular flexibility index (Phi) is 8.78. The normalized spacial score (nSPS) is 11.4. The Balaban J connectivity index is 1.52. The number of nitrogens with zero attached hydrogens (tertiary/aromatic N) is 2. The van der Waals surface area contributed by atoms with E-state index in [1.807, 2.05) is 60.7 Å². The molecule has 0 amide bonds. The molecule has 0 aliphatic rings. The van der Waals surface area contributed by atoms with Crippen molar-refractivity contribution in [2.45, 2.75) is 39.5 Å². The number of carbonyl (C=O) groups is 1. The van der Waals surface area contributed by atoms with E-state index in [1.54, 1.807) is 44.2 Å². The van der Waals surface area contributed by atoms with E-state index in [2.05, 4.69) is 4.90 Å². The third-order valence-electron chi connectivity index (χ3n) is 6.29. The molecule has 1 unspecified atom stereocenters. The predicted molar refractivity (Wildman–Crippen MR) is 149 cm³/mol. The summed E-state index contributed by atoms with van der Waals surface area (Å²) in [7, 11) is 0. The largest absolute Gasteiger partial charge is 0.479 e. The Morgan fingerprint density at radius 2 is 1.51 bits per heavy atom. The minimum atomic E-state index is -1.01. The standard InChI is InChI=1S/C31H30N2O6/c1-3-30(31(34)35)39-27-12-7-11-26(19-27)38-25-17-15-24(16-18-25)21-32(20-23-9-5-4-6-10-23)28-13-8-14-29(22(28)2)33(36)37/h4-19,30H,3,20-21H2,1-2H3,(H,34,35). The maximum atomic E-state index is 11.6. The van der Waals surface area contributed by atoms with Crippen LogP contribution in [0.25, 0.3) is 0 Å². The van der Waals surface area contributed by atoms with Crippen molar-refractivity contribution in [1.29, 1.82) is 0 Å². The summed E-state index contributed by atoms with van der Waals surface area (Å²) in [5.41, 5.74) is 3.62. The minimum Gasteiger partial charge on any atom is -0.479 e. The molecule has 0 saturated carbocycles. The van der Waals surface area contributed by atoms with Crippen LogP contribution in [0.15, 0.2) is 97.1 Å². The number of anilines is 1. The number of hydrogen-bond acceptors (Lipinski definition) is 6. The van der Waals surface area contributed by atoms with Gasteiger partial charge in [-0.05, 0) is 54.8 Å². The van der Waals surface area contributed by atoms with Gasteiger partial charge in [-0.2, -0.15) is 0 Å². The molecule has 0 saturated heterocycles. The van der Waals surface area contributed by atoms with Crippen LogP contribution in [-0.4, -0.2) is 22.1 Å². The van der Waals surface area contributed by atoms with Gasteiger partial charge in [-0.1, -0.05) is 61.5 Å². The van der Waals surface area contributed by atoms with E-state index in [0.29, 0.717) is 42.3 Å². The van der Waals surface area contributed by atoms with Crippen LogP contribution in [0.5, 0.6) is 17.2 Å². The number of benzene rings is 4. The fourth-order valence-corrected chi connectivity index (χ4v) is 4.29. The Labute approximate surface area is 227 Å². The zero-order valence-corrected chi connectivity index (χ0v) is 21.8. The number of ether oxygens (including phenoxy) is 2. The zero-order chi connectivity index (χ0) is 27.8. The lowest BCUT2D eigenvalue weighted by molar-refractivity contribution is -0.385. The average molecular weight is 527 g/mol. The molecule has 0 radical (unpaired) electrons.